The molecule has 1 saturated heterocycles. The molecule has 1 unspecified atom stereocenters. The van der Waals surface area contributed by atoms with Crippen molar-refractivity contribution >= 4 is 23.3 Å². The third-order valence-electron chi connectivity index (χ3n) is 4.09. The average Bonchev–Trinajstić information content (AvgIpc) is 3.20. The Morgan fingerprint density at radius 1 is 1.30 bits per heavy atom. The zero-order valence-electron chi connectivity index (χ0n) is 11.2. The van der Waals surface area contributed by atoms with Gasteiger partial charge in [-0.2, -0.15) is 0 Å². The molecule has 0 saturated carbocycles. The fourth-order valence-electron chi connectivity index (χ4n) is 2.80. The van der Waals surface area contributed by atoms with E-state index in [9.17, 15) is 0 Å². The molecule has 1 aromatic carbocycles. The number of benzene rings is 1. The van der Waals surface area contributed by atoms with Gasteiger partial charge in [-0.15, -0.1) is 0 Å². The van der Waals surface area contributed by atoms with E-state index in [4.69, 9.17) is 16.3 Å². The summed E-state index contributed by atoms with van der Waals surface area (Å²) in [6.45, 7) is 2.89. The first-order valence-corrected chi connectivity index (χ1v) is 7.12. The molecule has 1 aromatic heterocycles. The van der Waals surface area contributed by atoms with E-state index in [2.05, 4.69) is 30.1 Å². The van der Waals surface area contributed by atoms with Crippen LogP contribution >= 0.6 is 11.6 Å². The molecular weight excluding hydrogens is 270 g/mol. The van der Waals surface area contributed by atoms with Crippen LogP contribution in [0.4, 0.5) is 0 Å². The van der Waals surface area contributed by atoms with Crippen molar-refractivity contribution in [2.45, 2.75) is 18.9 Å². The number of aromatic nitrogens is 1. The highest BCUT2D eigenvalue weighted by Crippen LogP contribution is 2.45. The molecule has 100 valence electrons. The summed E-state index contributed by atoms with van der Waals surface area (Å²) in [6.07, 6.45) is 4.89. The van der Waals surface area contributed by atoms with Crippen molar-refractivity contribution in [2.24, 2.45) is 0 Å². The second-order valence-corrected chi connectivity index (χ2v) is 6.03. The molecule has 2 aliphatic rings. The number of nitrogens with zero attached hydrogens (tertiary/aromatic N) is 1. The number of fused-ring (bicyclic) bond motifs is 2. The van der Waals surface area contributed by atoms with Gasteiger partial charge in [0.2, 0.25) is 0 Å². The minimum Gasteiger partial charge on any atom is -0.365 e. The fourth-order valence-corrected chi connectivity index (χ4v) is 2.97. The molecule has 1 aliphatic heterocycles. The second kappa shape index (κ2) is 4.18. The smallest absolute Gasteiger partial charge is 0.114 e. The van der Waals surface area contributed by atoms with Gasteiger partial charge in [-0.3, -0.25) is 4.98 Å². The number of halogens is 1. The lowest BCUT2D eigenvalue weighted by Gasteiger charge is -2.14. The largest absolute Gasteiger partial charge is 0.365 e. The molecular formula is C17H14ClNO. The van der Waals surface area contributed by atoms with E-state index in [1.807, 2.05) is 24.4 Å². The second-order valence-electron chi connectivity index (χ2n) is 5.60. The molecule has 2 nitrogen and oxygen atoms in total. The monoisotopic (exact) mass is 283 g/mol. The van der Waals surface area contributed by atoms with Crippen LogP contribution in [-0.2, 0) is 11.2 Å². The Bertz CT molecular complexity index is 732. The van der Waals surface area contributed by atoms with Crippen LogP contribution in [0.1, 0.15) is 29.3 Å². The van der Waals surface area contributed by atoms with Crippen molar-refractivity contribution in [3.63, 3.8) is 0 Å². The van der Waals surface area contributed by atoms with Crippen molar-refractivity contribution in [3.8, 4) is 0 Å². The van der Waals surface area contributed by atoms with Crippen LogP contribution in [-0.4, -0.2) is 17.2 Å². The number of rotatable bonds is 1. The molecule has 1 fully saturated rings. The Morgan fingerprint density at radius 2 is 2.15 bits per heavy atom. The SMILES string of the molecule is CC1(C2=Cc3cccnc3Cc3ccc(Cl)cc32)CO1. The molecule has 0 N–H and O–H groups in total. The van der Waals surface area contributed by atoms with Crippen LogP contribution in [0.3, 0.4) is 0 Å². The third kappa shape index (κ3) is 1.88. The van der Waals surface area contributed by atoms with Gasteiger partial charge in [0, 0.05) is 17.6 Å². The number of pyridine rings is 1. The van der Waals surface area contributed by atoms with Crippen LogP contribution < -0.4 is 0 Å². The molecule has 2 heterocycles. The van der Waals surface area contributed by atoms with Crippen LogP contribution in [0.15, 0.2) is 36.5 Å². The molecule has 1 atom stereocenters. The van der Waals surface area contributed by atoms with Crippen molar-refractivity contribution in [1.82, 2.24) is 4.98 Å². The van der Waals surface area contributed by atoms with Crippen molar-refractivity contribution in [1.29, 1.82) is 0 Å². The maximum atomic E-state index is 6.19. The molecule has 0 spiro atoms. The summed E-state index contributed by atoms with van der Waals surface area (Å²) in [5.41, 5.74) is 5.76. The minimum atomic E-state index is -0.184. The van der Waals surface area contributed by atoms with E-state index < -0.39 is 0 Å². The van der Waals surface area contributed by atoms with Gasteiger partial charge in [0.05, 0.1) is 12.3 Å². The average molecular weight is 284 g/mol. The first-order valence-electron chi connectivity index (χ1n) is 6.74. The maximum Gasteiger partial charge on any atom is 0.114 e. The molecule has 0 radical (unpaired) electrons. The summed E-state index contributed by atoms with van der Waals surface area (Å²) >= 11 is 6.19. The molecule has 4 rings (SSSR count). The lowest BCUT2D eigenvalue weighted by atomic mass is 9.90. The molecule has 1 aliphatic carbocycles. The van der Waals surface area contributed by atoms with Gasteiger partial charge < -0.3 is 4.74 Å². The van der Waals surface area contributed by atoms with Crippen molar-refractivity contribution in [2.75, 3.05) is 6.61 Å². The predicted octanol–water partition coefficient (Wildman–Crippen LogP) is 3.97. The van der Waals surface area contributed by atoms with E-state index in [0.717, 1.165) is 23.7 Å². The number of hydrogen-bond donors (Lipinski definition) is 0. The highest BCUT2D eigenvalue weighted by molar-refractivity contribution is 6.30. The van der Waals surface area contributed by atoms with E-state index in [1.54, 1.807) is 0 Å². The van der Waals surface area contributed by atoms with Crippen LogP contribution in [0.5, 0.6) is 0 Å². The van der Waals surface area contributed by atoms with Crippen molar-refractivity contribution in [3.05, 3.63) is 63.9 Å². The van der Waals surface area contributed by atoms with Gasteiger partial charge >= 0.3 is 0 Å². The number of hydrogen-bond acceptors (Lipinski definition) is 2. The summed E-state index contributed by atoms with van der Waals surface area (Å²) in [5.74, 6) is 0. The molecule has 0 bridgehead atoms. The lowest BCUT2D eigenvalue weighted by molar-refractivity contribution is 0.378. The summed E-state index contributed by atoms with van der Waals surface area (Å²) in [6, 6.07) is 10.2. The number of ether oxygens (including phenoxy) is 1. The van der Waals surface area contributed by atoms with Crippen LogP contribution in [0.25, 0.3) is 11.6 Å². The molecule has 2 aromatic rings. The molecule has 0 amide bonds. The molecule has 20 heavy (non-hydrogen) atoms. The normalized spacial score (nSPS) is 23.4. The summed E-state index contributed by atoms with van der Waals surface area (Å²) in [4.78, 5) is 4.52. The summed E-state index contributed by atoms with van der Waals surface area (Å²) in [5, 5.41) is 0.762. The van der Waals surface area contributed by atoms with E-state index >= 15 is 0 Å². The van der Waals surface area contributed by atoms with E-state index in [-0.39, 0.29) is 5.60 Å². The van der Waals surface area contributed by atoms with Gasteiger partial charge in [-0.1, -0.05) is 23.7 Å². The Morgan fingerprint density at radius 3 is 2.95 bits per heavy atom. The lowest BCUT2D eigenvalue weighted by Crippen LogP contribution is -2.09. The predicted molar refractivity (Wildman–Crippen MR) is 80.7 cm³/mol. The first-order chi connectivity index (χ1) is 9.66. The highest BCUT2D eigenvalue weighted by Gasteiger charge is 2.44. The number of epoxide rings is 1. The van der Waals surface area contributed by atoms with E-state index in [1.165, 1.54) is 22.3 Å². The summed E-state index contributed by atoms with van der Waals surface area (Å²) in [7, 11) is 0. The van der Waals surface area contributed by atoms with Gasteiger partial charge in [-0.05, 0) is 53.5 Å². The molecule has 3 heteroatoms. The highest BCUT2D eigenvalue weighted by atomic mass is 35.5. The Labute approximate surface area is 123 Å². The standard InChI is InChI=1S/C17H14ClNO/c1-17(10-20-17)15-7-12-3-2-6-19-16(12)8-11-4-5-13(18)9-14(11)15/h2-7,9H,8,10H2,1H3. The fraction of sp³-hybridized carbons (Fsp3) is 0.235. The van der Waals surface area contributed by atoms with Crippen LogP contribution in [0.2, 0.25) is 5.02 Å². The van der Waals surface area contributed by atoms with Gasteiger partial charge in [0.1, 0.15) is 5.60 Å². The van der Waals surface area contributed by atoms with Gasteiger partial charge in [-0.25, -0.2) is 0 Å². The summed E-state index contributed by atoms with van der Waals surface area (Å²) < 4.78 is 5.67. The van der Waals surface area contributed by atoms with E-state index in [0.29, 0.717) is 0 Å². The quantitative estimate of drug-likeness (QED) is 0.740. The van der Waals surface area contributed by atoms with Crippen molar-refractivity contribution < 1.29 is 4.74 Å². The minimum absolute atomic E-state index is 0.184. The zero-order valence-corrected chi connectivity index (χ0v) is 11.9. The Kier molecular flexibility index (Phi) is 2.53. The maximum absolute atomic E-state index is 6.19. The Balaban J connectivity index is 1.99. The topological polar surface area (TPSA) is 25.4 Å². The Hall–Kier alpha value is -1.64. The third-order valence-corrected chi connectivity index (χ3v) is 4.33. The van der Waals surface area contributed by atoms with Gasteiger partial charge in [0.15, 0.2) is 0 Å². The van der Waals surface area contributed by atoms with Gasteiger partial charge in [0.25, 0.3) is 0 Å². The zero-order chi connectivity index (χ0) is 13.7. The first kappa shape index (κ1) is 12.1. The van der Waals surface area contributed by atoms with Crippen LogP contribution in [0, 0.1) is 0 Å².